The molecule has 3 nitrogen and oxygen atoms in total. The van der Waals surface area contributed by atoms with Crippen molar-refractivity contribution in [1.82, 2.24) is 15.1 Å². The molecule has 1 fully saturated rings. The lowest BCUT2D eigenvalue weighted by Crippen LogP contribution is -2.31. The normalized spacial score (nSPS) is 17.8. The van der Waals surface area contributed by atoms with Crippen LogP contribution in [0, 0.1) is 5.41 Å². The van der Waals surface area contributed by atoms with Gasteiger partial charge in [0.2, 0.25) is 0 Å². The van der Waals surface area contributed by atoms with E-state index in [1.165, 1.54) is 48.0 Å². The van der Waals surface area contributed by atoms with E-state index in [4.69, 9.17) is 0 Å². The number of halogens is 1. The number of rotatable bonds is 7. The zero-order valence-corrected chi connectivity index (χ0v) is 14.7. The maximum Gasteiger partial charge on any atom is 0.0767 e. The van der Waals surface area contributed by atoms with Gasteiger partial charge >= 0.3 is 0 Å². The number of aromatic nitrogens is 2. The van der Waals surface area contributed by atoms with Gasteiger partial charge in [0.25, 0.3) is 0 Å². The van der Waals surface area contributed by atoms with E-state index in [1.807, 2.05) is 0 Å². The monoisotopic (exact) mass is 341 g/mol. The molecule has 0 amide bonds. The molecule has 0 radical (unpaired) electrons. The van der Waals surface area contributed by atoms with Crippen LogP contribution in [0.25, 0.3) is 0 Å². The van der Waals surface area contributed by atoms with Gasteiger partial charge in [-0.1, -0.05) is 26.7 Å². The summed E-state index contributed by atoms with van der Waals surface area (Å²) in [6.07, 6.45) is 7.89. The van der Waals surface area contributed by atoms with Crippen molar-refractivity contribution >= 4 is 15.9 Å². The Morgan fingerprint density at radius 3 is 2.50 bits per heavy atom. The maximum atomic E-state index is 4.66. The molecule has 1 aromatic heterocycles. The van der Waals surface area contributed by atoms with Gasteiger partial charge in [-0.3, -0.25) is 4.68 Å². The minimum Gasteiger partial charge on any atom is -0.311 e. The van der Waals surface area contributed by atoms with Crippen LogP contribution in [0.15, 0.2) is 4.47 Å². The van der Waals surface area contributed by atoms with E-state index < -0.39 is 0 Å². The van der Waals surface area contributed by atoms with Crippen molar-refractivity contribution in [2.45, 2.75) is 72.4 Å². The first-order valence-electron chi connectivity index (χ1n) is 8.10. The van der Waals surface area contributed by atoms with E-state index in [9.17, 15) is 0 Å². The number of hydrogen-bond donors (Lipinski definition) is 1. The lowest BCUT2D eigenvalue weighted by molar-refractivity contribution is 0.267. The summed E-state index contributed by atoms with van der Waals surface area (Å²) in [5, 5.41) is 8.36. The molecular weight excluding hydrogens is 314 g/mol. The Morgan fingerprint density at radius 1 is 1.25 bits per heavy atom. The molecule has 1 aliphatic rings. The molecule has 114 valence electrons. The molecule has 0 saturated heterocycles. The predicted octanol–water partition coefficient (Wildman–Crippen LogP) is 4.29. The Morgan fingerprint density at radius 2 is 1.95 bits per heavy atom. The third-order valence-electron chi connectivity index (χ3n) is 4.90. The van der Waals surface area contributed by atoms with Crippen LogP contribution in [0.2, 0.25) is 0 Å². The van der Waals surface area contributed by atoms with Crippen molar-refractivity contribution in [3.8, 4) is 0 Å². The fourth-order valence-electron chi connectivity index (χ4n) is 3.41. The summed E-state index contributed by atoms with van der Waals surface area (Å²) in [6.45, 7) is 9.67. The van der Waals surface area contributed by atoms with Crippen LogP contribution in [0.4, 0.5) is 0 Å². The number of hydrogen-bond acceptors (Lipinski definition) is 2. The van der Waals surface area contributed by atoms with Crippen molar-refractivity contribution in [2.75, 3.05) is 6.54 Å². The van der Waals surface area contributed by atoms with Crippen molar-refractivity contribution in [3.63, 3.8) is 0 Å². The minimum atomic E-state index is 0.553. The van der Waals surface area contributed by atoms with Gasteiger partial charge in [0.1, 0.15) is 0 Å². The van der Waals surface area contributed by atoms with E-state index in [2.05, 4.69) is 51.8 Å². The Hall–Kier alpha value is -0.350. The number of nitrogens with zero attached hydrogens (tertiary/aromatic N) is 2. The van der Waals surface area contributed by atoms with E-state index in [0.717, 1.165) is 26.1 Å². The van der Waals surface area contributed by atoms with E-state index >= 15 is 0 Å². The highest BCUT2D eigenvalue weighted by atomic mass is 79.9. The van der Waals surface area contributed by atoms with Gasteiger partial charge in [0.05, 0.1) is 15.9 Å². The summed E-state index contributed by atoms with van der Waals surface area (Å²) in [4.78, 5) is 0. The van der Waals surface area contributed by atoms with Crippen molar-refractivity contribution in [1.29, 1.82) is 0 Å². The highest BCUT2D eigenvalue weighted by Crippen LogP contribution is 2.40. The summed E-state index contributed by atoms with van der Waals surface area (Å²) in [6, 6.07) is 0. The molecule has 1 aliphatic carbocycles. The van der Waals surface area contributed by atoms with Crippen LogP contribution >= 0.6 is 15.9 Å². The molecule has 0 bridgehead atoms. The third kappa shape index (κ3) is 3.28. The quantitative estimate of drug-likeness (QED) is 0.801. The van der Waals surface area contributed by atoms with Crippen LogP contribution in [0.5, 0.6) is 0 Å². The van der Waals surface area contributed by atoms with Crippen LogP contribution in [-0.4, -0.2) is 16.3 Å². The summed E-state index contributed by atoms with van der Waals surface area (Å²) in [5.41, 5.74) is 3.03. The van der Waals surface area contributed by atoms with Gasteiger partial charge < -0.3 is 5.32 Å². The largest absolute Gasteiger partial charge is 0.311 e. The molecule has 1 heterocycles. The van der Waals surface area contributed by atoms with Crippen LogP contribution in [0.3, 0.4) is 0 Å². The molecule has 2 rings (SSSR count). The molecule has 1 saturated carbocycles. The highest BCUT2D eigenvalue weighted by molar-refractivity contribution is 9.10. The Labute approximate surface area is 131 Å². The molecule has 1 N–H and O–H groups in total. The van der Waals surface area contributed by atoms with E-state index in [-0.39, 0.29) is 0 Å². The zero-order valence-electron chi connectivity index (χ0n) is 13.1. The fourth-order valence-corrected chi connectivity index (χ4v) is 4.12. The Kier molecular flexibility index (Phi) is 5.67. The zero-order chi connectivity index (χ0) is 14.6. The first-order valence-corrected chi connectivity index (χ1v) is 8.90. The predicted molar refractivity (Wildman–Crippen MR) is 87.9 cm³/mol. The molecular formula is C16H28BrN3. The maximum absolute atomic E-state index is 4.66. The summed E-state index contributed by atoms with van der Waals surface area (Å²) in [7, 11) is 0. The second-order valence-electron chi connectivity index (χ2n) is 6.04. The van der Waals surface area contributed by atoms with Gasteiger partial charge in [0, 0.05) is 19.6 Å². The van der Waals surface area contributed by atoms with Gasteiger partial charge in [0.15, 0.2) is 0 Å². The molecule has 4 heteroatoms. The molecule has 0 aliphatic heterocycles. The van der Waals surface area contributed by atoms with Gasteiger partial charge in [-0.15, -0.1) is 0 Å². The van der Waals surface area contributed by atoms with Gasteiger partial charge in [-0.25, -0.2) is 0 Å². The van der Waals surface area contributed by atoms with Gasteiger partial charge in [-0.05, 0) is 54.0 Å². The molecule has 0 spiro atoms. The van der Waals surface area contributed by atoms with E-state index in [1.54, 1.807) is 0 Å². The molecule has 0 aromatic carbocycles. The lowest BCUT2D eigenvalue weighted by Gasteiger charge is -2.27. The Bertz CT molecular complexity index is 433. The second-order valence-corrected chi connectivity index (χ2v) is 6.83. The molecule has 1 aromatic rings. The average molecular weight is 342 g/mol. The van der Waals surface area contributed by atoms with Crippen LogP contribution < -0.4 is 5.32 Å². The first kappa shape index (κ1) is 16.0. The summed E-state index contributed by atoms with van der Waals surface area (Å²) in [5.74, 6) is 0. The van der Waals surface area contributed by atoms with Crippen molar-refractivity contribution in [3.05, 3.63) is 15.9 Å². The molecule has 0 unspecified atom stereocenters. The number of nitrogens with one attached hydrogen (secondary N) is 1. The molecule has 20 heavy (non-hydrogen) atoms. The summed E-state index contributed by atoms with van der Waals surface area (Å²) < 4.78 is 3.33. The summed E-state index contributed by atoms with van der Waals surface area (Å²) >= 11 is 3.72. The lowest BCUT2D eigenvalue weighted by atomic mass is 9.83. The second kappa shape index (κ2) is 7.08. The highest BCUT2D eigenvalue weighted by Gasteiger charge is 2.31. The number of aryl methyl sites for hydroxylation is 2. The standard InChI is InChI=1S/C16H28BrN3/c1-4-13-15(17)14(20(6-3)19-13)11-18-12-16(5-2)9-7-8-10-16/h18H,4-12H2,1-3H3. The van der Waals surface area contributed by atoms with Crippen LogP contribution in [-0.2, 0) is 19.5 Å². The van der Waals surface area contributed by atoms with Crippen molar-refractivity contribution < 1.29 is 0 Å². The van der Waals surface area contributed by atoms with Crippen LogP contribution in [0.1, 0.15) is 64.3 Å². The SMILES string of the molecule is CCc1nn(CC)c(CNCC2(CC)CCCC2)c1Br. The smallest absolute Gasteiger partial charge is 0.0767 e. The fraction of sp³-hybridized carbons (Fsp3) is 0.812. The minimum absolute atomic E-state index is 0.553. The Balaban J connectivity index is 1.98. The first-order chi connectivity index (χ1) is 9.65. The third-order valence-corrected chi connectivity index (χ3v) is 5.82. The topological polar surface area (TPSA) is 29.9 Å². The van der Waals surface area contributed by atoms with Gasteiger partial charge in [-0.2, -0.15) is 5.10 Å². The van der Waals surface area contributed by atoms with E-state index in [0.29, 0.717) is 5.41 Å². The molecule has 0 atom stereocenters. The average Bonchev–Trinajstić information content (AvgIpc) is 3.05. The van der Waals surface area contributed by atoms with Crippen molar-refractivity contribution in [2.24, 2.45) is 5.41 Å².